The summed E-state index contributed by atoms with van der Waals surface area (Å²) in [5.41, 5.74) is 2.79. The molecule has 1 unspecified atom stereocenters. The van der Waals surface area contributed by atoms with E-state index in [0.29, 0.717) is 53.6 Å². The van der Waals surface area contributed by atoms with E-state index in [4.69, 9.17) is 35.3 Å². The molecule has 0 radical (unpaired) electrons. The minimum absolute atomic E-state index is 0.325. The Morgan fingerprint density at radius 1 is 1.07 bits per heavy atom. The van der Waals surface area contributed by atoms with Gasteiger partial charge in [-0.3, -0.25) is 9.20 Å². The van der Waals surface area contributed by atoms with Gasteiger partial charge in [0, 0.05) is 44.3 Å². The lowest BCUT2D eigenvalue weighted by molar-refractivity contribution is -0.140. The molecule has 0 aliphatic rings. The number of halogens is 1. The first-order chi connectivity index (χ1) is 21.6. The number of rotatable bonds is 19. The minimum Gasteiger partial charge on any atom is -0.491 e. The van der Waals surface area contributed by atoms with E-state index in [-0.39, 0.29) is 6.29 Å². The smallest absolute Gasteiger partial charge is 0.180 e. The Morgan fingerprint density at radius 3 is 2.38 bits per heavy atom. The van der Waals surface area contributed by atoms with E-state index in [0.717, 1.165) is 42.4 Å². The van der Waals surface area contributed by atoms with E-state index in [1.54, 1.807) is 33.6 Å². The Kier molecular flexibility index (Phi) is 17.1. The topological polar surface area (TPSA) is 99.4 Å². The molecule has 0 N–H and O–H groups in total. The van der Waals surface area contributed by atoms with Gasteiger partial charge < -0.3 is 23.7 Å². The van der Waals surface area contributed by atoms with Crippen molar-refractivity contribution < 1.29 is 27.9 Å². The molecule has 0 aliphatic heterocycles. The Labute approximate surface area is 276 Å². The van der Waals surface area contributed by atoms with E-state index >= 15 is 0 Å². The number of unbranched alkanes of at least 4 members (excludes halogenated alkanes) is 2. The van der Waals surface area contributed by atoms with Gasteiger partial charge in [0.05, 0.1) is 34.6 Å². The number of nitrogens with zero attached hydrogens (tertiary/aromatic N) is 2. The summed E-state index contributed by atoms with van der Waals surface area (Å²) in [7, 11) is 2.05. The summed E-state index contributed by atoms with van der Waals surface area (Å²) < 4.78 is 39.4. The molecule has 0 saturated carbocycles. The van der Waals surface area contributed by atoms with E-state index in [9.17, 15) is 9.47 Å². The van der Waals surface area contributed by atoms with Gasteiger partial charge in [0.2, 0.25) is 0 Å². The third kappa shape index (κ3) is 12.7. The van der Waals surface area contributed by atoms with Crippen LogP contribution in [0.1, 0.15) is 70.1 Å². The fourth-order valence-corrected chi connectivity index (χ4v) is 4.67. The van der Waals surface area contributed by atoms with Crippen molar-refractivity contribution in [3.63, 3.8) is 0 Å². The standard InChI is InChI=1S/C35H47ClN2O6S/c1-8-9-13-27(23-38-26(2)45(7)39)24-44-31-16-14-29(15-17-31)35(3,4)30-20-28(22-37)34(32(36)21-30)43-19-12-10-11-18-42-25-33(40-5)41-6/h9,13-17,20-21,23,33H,8,10-12,18-19,24-25H2,1-7H3/b13-9+,27-23+,38-26?. The maximum atomic E-state index is 11.6. The van der Waals surface area contributed by atoms with Crippen molar-refractivity contribution in [2.45, 2.75) is 65.1 Å². The van der Waals surface area contributed by atoms with Gasteiger partial charge in [-0.25, -0.2) is 0 Å². The van der Waals surface area contributed by atoms with Crippen molar-refractivity contribution in [2.75, 3.05) is 46.9 Å². The molecule has 2 rings (SSSR count). The van der Waals surface area contributed by atoms with Gasteiger partial charge >= 0.3 is 0 Å². The Bertz CT molecular complexity index is 1360. The van der Waals surface area contributed by atoms with Gasteiger partial charge in [-0.15, -0.1) is 0 Å². The molecule has 2 aromatic rings. The largest absolute Gasteiger partial charge is 0.491 e. The average Bonchev–Trinajstić information content (AvgIpc) is 3.03. The third-order valence-electron chi connectivity index (χ3n) is 7.22. The summed E-state index contributed by atoms with van der Waals surface area (Å²) in [6.07, 6.45) is 10.4. The second-order valence-electron chi connectivity index (χ2n) is 10.9. The highest BCUT2D eigenvalue weighted by atomic mass is 35.5. The second kappa shape index (κ2) is 20.2. The van der Waals surface area contributed by atoms with Crippen molar-refractivity contribution >= 4 is 27.4 Å². The maximum Gasteiger partial charge on any atom is 0.180 e. The molecule has 0 fully saturated rings. The Hall–Kier alpha value is -3.00. The highest BCUT2D eigenvalue weighted by Crippen LogP contribution is 2.38. The molecule has 0 saturated heterocycles. The van der Waals surface area contributed by atoms with Gasteiger partial charge in [0.25, 0.3) is 0 Å². The third-order valence-corrected chi connectivity index (χ3v) is 8.44. The lowest BCUT2D eigenvalue weighted by Gasteiger charge is -2.27. The summed E-state index contributed by atoms with van der Waals surface area (Å²) in [4.78, 5) is 4.31. The quantitative estimate of drug-likeness (QED) is 0.0500. The summed E-state index contributed by atoms with van der Waals surface area (Å²) in [5.74, 6) is 1.12. The molecule has 8 nitrogen and oxygen atoms in total. The normalized spacial score (nSPS) is 13.3. The van der Waals surface area contributed by atoms with Crippen molar-refractivity contribution in [1.82, 2.24) is 0 Å². The van der Waals surface area contributed by atoms with Gasteiger partial charge in [0.1, 0.15) is 23.5 Å². The molecule has 0 amide bonds. The van der Waals surface area contributed by atoms with E-state index in [1.165, 1.54) is 0 Å². The highest BCUT2D eigenvalue weighted by molar-refractivity contribution is 7.99. The van der Waals surface area contributed by atoms with Gasteiger partial charge in [-0.05, 0) is 68.0 Å². The first kappa shape index (κ1) is 38.2. The molecule has 1 atom stereocenters. The number of methoxy groups -OCH3 is 2. The molecular weight excluding hydrogens is 612 g/mol. The summed E-state index contributed by atoms with van der Waals surface area (Å²) in [6.45, 7) is 9.76. The molecular formula is C35H47ClN2O6S. The first-order valence-corrected chi connectivity index (χ1v) is 17.0. The van der Waals surface area contributed by atoms with Crippen LogP contribution in [0.15, 0.2) is 65.3 Å². The molecule has 0 aliphatic carbocycles. The molecule has 0 bridgehead atoms. The predicted octanol–water partition coefficient (Wildman–Crippen LogP) is 7.75. The number of hydrogen-bond acceptors (Lipinski definition) is 8. The van der Waals surface area contributed by atoms with Gasteiger partial charge in [0.15, 0.2) is 12.0 Å². The fraction of sp³-hybridized carbons (Fsp3) is 0.486. The lowest BCUT2D eigenvalue weighted by atomic mass is 9.77. The van der Waals surface area contributed by atoms with Crippen LogP contribution in [0.2, 0.25) is 5.02 Å². The van der Waals surface area contributed by atoms with E-state index in [2.05, 4.69) is 31.8 Å². The zero-order chi connectivity index (χ0) is 33.2. The minimum atomic E-state index is -1.11. The van der Waals surface area contributed by atoms with Crippen LogP contribution in [0.4, 0.5) is 0 Å². The molecule has 0 aromatic heterocycles. The van der Waals surface area contributed by atoms with Crippen LogP contribution in [-0.4, -0.2) is 62.4 Å². The molecule has 2 aromatic carbocycles. The zero-order valence-corrected chi connectivity index (χ0v) is 29.1. The number of nitriles is 1. The summed E-state index contributed by atoms with van der Waals surface area (Å²) in [6, 6.07) is 13.9. The van der Waals surface area contributed by atoms with Gasteiger partial charge in [-0.1, -0.05) is 56.7 Å². The van der Waals surface area contributed by atoms with Gasteiger partial charge in [-0.2, -0.15) is 5.26 Å². The van der Waals surface area contributed by atoms with Crippen LogP contribution in [0, 0.1) is 11.3 Å². The molecule has 246 valence electrons. The molecule has 10 heteroatoms. The number of allylic oxidation sites excluding steroid dienone is 1. The summed E-state index contributed by atoms with van der Waals surface area (Å²) >= 11 is 6.66. The fourth-order valence-electron chi connectivity index (χ4n) is 4.20. The first-order valence-electron chi connectivity index (χ1n) is 15.0. The maximum absolute atomic E-state index is 11.6. The number of aliphatic imine (C=N–C) groups is 1. The van der Waals surface area contributed by atoms with Crippen LogP contribution >= 0.6 is 11.6 Å². The van der Waals surface area contributed by atoms with Crippen LogP contribution in [-0.2, 0) is 30.4 Å². The van der Waals surface area contributed by atoms with Crippen LogP contribution in [0.3, 0.4) is 0 Å². The number of ether oxygens (including phenoxy) is 5. The zero-order valence-electron chi connectivity index (χ0n) is 27.6. The average molecular weight is 659 g/mol. The van der Waals surface area contributed by atoms with Crippen molar-refractivity contribution in [3.8, 4) is 17.6 Å². The van der Waals surface area contributed by atoms with Crippen LogP contribution < -0.4 is 9.47 Å². The lowest BCUT2D eigenvalue weighted by Crippen LogP contribution is -2.20. The van der Waals surface area contributed by atoms with Crippen molar-refractivity contribution in [2.24, 2.45) is 4.99 Å². The Morgan fingerprint density at radius 2 is 1.76 bits per heavy atom. The number of hydrogen-bond donors (Lipinski definition) is 0. The van der Waals surface area contributed by atoms with E-state index < -0.39 is 16.2 Å². The van der Waals surface area contributed by atoms with E-state index in [1.807, 2.05) is 48.6 Å². The highest BCUT2D eigenvalue weighted by Gasteiger charge is 2.26. The van der Waals surface area contributed by atoms with Crippen molar-refractivity contribution in [3.05, 3.63) is 82.0 Å². The van der Waals surface area contributed by atoms with Crippen molar-refractivity contribution in [1.29, 1.82) is 5.26 Å². The van der Waals surface area contributed by atoms with Crippen LogP contribution in [0.25, 0.3) is 0 Å². The van der Waals surface area contributed by atoms with Crippen LogP contribution in [0.5, 0.6) is 11.5 Å². The monoisotopic (exact) mass is 658 g/mol. The Balaban J connectivity index is 2.03. The second-order valence-corrected chi connectivity index (χ2v) is 12.8. The number of benzene rings is 2. The molecule has 0 spiro atoms. The summed E-state index contributed by atoms with van der Waals surface area (Å²) in [5, 5.41) is 10.9. The molecule has 45 heavy (non-hydrogen) atoms. The molecule has 0 heterocycles. The SMILES string of the molecule is CC/C=C/C(=C\N=C(C)S(C)=O)COc1ccc(C(C)(C)c2cc(Cl)c(OCCCCCOCC(OC)OC)c(C#N)c2)cc1. The predicted molar refractivity (Wildman–Crippen MR) is 183 cm³/mol.